The molecule has 4 rings (SSSR count). The molecule has 2 heterocycles. The van der Waals surface area contributed by atoms with Gasteiger partial charge < -0.3 is 9.15 Å². The molecule has 0 fully saturated rings. The van der Waals surface area contributed by atoms with Crippen molar-refractivity contribution in [2.75, 3.05) is 17.8 Å². The van der Waals surface area contributed by atoms with E-state index >= 15 is 0 Å². The Morgan fingerprint density at radius 1 is 1.19 bits per heavy atom. The number of halogens is 1. The largest absolute Gasteiger partial charge is 0.497 e. The van der Waals surface area contributed by atoms with Crippen LogP contribution in [-0.4, -0.2) is 32.2 Å². The molecule has 4 aromatic rings. The maximum Gasteiger partial charge on any atom is 0.230 e. The minimum absolute atomic E-state index is 0.0311. The highest BCUT2D eigenvalue weighted by atomic mass is 32.2. The van der Waals surface area contributed by atoms with Crippen LogP contribution in [0, 0.1) is 5.82 Å². The lowest BCUT2D eigenvalue weighted by molar-refractivity contribution is -0.118. The average Bonchev–Trinajstić information content (AvgIpc) is 3.45. The number of rotatable bonds is 8. The fourth-order valence-electron chi connectivity index (χ4n) is 3.07. The molecule has 0 radical (unpaired) electrons. The number of furan rings is 1. The summed E-state index contributed by atoms with van der Waals surface area (Å²) in [4.78, 5) is 19.0. The normalized spacial score (nSPS) is 11.6. The van der Waals surface area contributed by atoms with Crippen molar-refractivity contribution < 1.29 is 26.8 Å². The van der Waals surface area contributed by atoms with Gasteiger partial charge in [0.05, 0.1) is 40.8 Å². The lowest BCUT2D eigenvalue weighted by Gasteiger charge is -2.18. The van der Waals surface area contributed by atoms with E-state index in [0.717, 1.165) is 16.8 Å². The molecular weight excluding hydrogens is 455 g/mol. The van der Waals surface area contributed by atoms with Crippen molar-refractivity contribution in [3.8, 4) is 5.75 Å². The molecule has 0 unspecified atom stereocenters. The monoisotopic (exact) mass is 474 g/mol. The highest BCUT2D eigenvalue weighted by Gasteiger charge is 2.24. The number of carbonyl (C=O) groups excluding carboxylic acids is 1. The Morgan fingerprint density at radius 2 is 1.97 bits per heavy atom. The molecule has 7 nitrogen and oxygen atoms in total. The Bertz CT molecular complexity index is 1330. The summed E-state index contributed by atoms with van der Waals surface area (Å²) in [6.45, 7) is 0.111. The summed E-state index contributed by atoms with van der Waals surface area (Å²) in [6, 6.07) is 13.4. The van der Waals surface area contributed by atoms with Gasteiger partial charge in [-0.1, -0.05) is 11.3 Å². The number of nitrogens with zero attached hydrogens (tertiary/aromatic N) is 2. The summed E-state index contributed by atoms with van der Waals surface area (Å²) in [5.74, 6) is -0.180. The first-order valence-corrected chi connectivity index (χ1v) is 12.1. The highest BCUT2D eigenvalue weighted by Crippen LogP contribution is 2.32. The number of methoxy groups -OCH3 is 1. The summed E-state index contributed by atoms with van der Waals surface area (Å²) in [7, 11) is -2.20. The number of hydrogen-bond acceptors (Lipinski definition) is 7. The molecule has 0 N–H and O–H groups in total. The van der Waals surface area contributed by atoms with E-state index in [1.165, 1.54) is 34.6 Å². The number of carbonyl (C=O) groups is 1. The number of fused-ring (bicyclic) bond motifs is 1. The summed E-state index contributed by atoms with van der Waals surface area (Å²) in [5, 5.41) is 0.425. The van der Waals surface area contributed by atoms with Crippen LogP contribution < -0.4 is 9.64 Å². The lowest BCUT2D eigenvalue weighted by Crippen LogP contribution is -2.31. The Balaban J connectivity index is 1.58. The standard InChI is InChI=1S/C22H19FN2O5S2/c1-29-16-6-9-20-19(13-16)24-22(31-20)25(14-17-3-2-11-30-17)21(26)10-12-32(27,28)18-7-4-15(23)5-8-18/h2-9,11,13H,10,12,14H2,1H3. The second-order valence-corrected chi connectivity index (χ2v) is 10.0. The van der Waals surface area contributed by atoms with Crippen LogP contribution in [0.15, 0.2) is 70.2 Å². The second kappa shape index (κ2) is 9.09. The van der Waals surface area contributed by atoms with Gasteiger partial charge in [0.1, 0.15) is 17.3 Å². The van der Waals surface area contributed by atoms with E-state index in [4.69, 9.17) is 9.15 Å². The zero-order valence-corrected chi connectivity index (χ0v) is 18.7. The van der Waals surface area contributed by atoms with Crippen LogP contribution in [0.25, 0.3) is 10.2 Å². The molecular formula is C22H19FN2O5S2. The van der Waals surface area contributed by atoms with Gasteiger partial charge in [0.2, 0.25) is 5.91 Å². The summed E-state index contributed by atoms with van der Waals surface area (Å²) in [6.07, 6.45) is 1.24. The molecule has 0 saturated heterocycles. The summed E-state index contributed by atoms with van der Waals surface area (Å²) >= 11 is 1.31. The van der Waals surface area contributed by atoms with Crippen LogP contribution in [0.1, 0.15) is 12.2 Å². The van der Waals surface area contributed by atoms with Crippen LogP contribution in [0.5, 0.6) is 5.75 Å². The van der Waals surface area contributed by atoms with Crippen LogP contribution in [0.2, 0.25) is 0 Å². The maximum absolute atomic E-state index is 13.1. The van der Waals surface area contributed by atoms with Crippen LogP contribution in [-0.2, 0) is 21.2 Å². The van der Waals surface area contributed by atoms with Gasteiger partial charge in [0.25, 0.3) is 0 Å². The zero-order valence-electron chi connectivity index (χ0n) is 17.0. The molecule has 0 aliphatic rings. The minimum Gasteiger partial charge on any atom is -0.497 e. The SMILES string of the molecule is COc1ccc2sc(N(Cc3ccco3)C(=O)CCS(=O)(=O)c3ccc(F)cc3)nc2c1. The zero-order chi connectivity index (χ0) is 22.7. The van der Waals surface area contributed by atoms with Crippen LogP contribution in [0.3, 0.4) is 0 Å². The first-order chi connectivity index (χ1) is 15.4. The van der Waals surface area contributed by atoms with E-state index in [0.29, 0.717) is 22.2 Å². The van der Waals surface area contributed by atoms with Gasteiger partial charge in [0.15, 0.2) is 15.0 Å². The number of hydrogen-bond donors (Lipinski definition) is 0. The number of benzene rings is 2. The predicted molar refractivity (Wildman–Crippen MR) is 119 cm³/mol. The van der Waals surface area contributed by atoms with Gasteiger partial charge in [-0.3, -0.25) is 9.69 Å². The number of anilines is 1. The molecule has 0 saturated carbocycles. The number of thiazole rings is 1. The van der Waals surface area contributed by atoms with E-state index in [-0.39, 0.29) is 17.9 Å². The van der Waals surface area contributed by atoms with Crippen molar-refractivity contribution >= 4 is 42.4 Å². The number of sulfone groups is 1. The molecule has 2 aromatic heterocycles. The molecule has 0 aliphatic carbocycles. The Morgan fingerprint density at radius 3 is 2.66 bits per heavy atom. The molecule has 2 aromatic carbocycles. The third-order valence-electron chi connectivity index (χ3n) is 4.77. The molecule has 0 spiro atoms. The van der Waals surface area contributed by atoms with Gasteiger partial charge in [0, 0.05) is 12.5 Å². The number of amides is 1. The van der Waals surface area contributed by atoms with Crippen molar-refractivity contribution in [2.24, 2.45) is 0 Å². The van der Waals surface area contributed by atoms with Crippen LogP contribution in [0.4, 0.5) is 9.52 Å². The fourth-order valence-corrected chi connectivity index (χ4v) is 5.27. The molecule has 32 heavy (non-hydrogen) atoms. The Labute approximate surface area is 188 Å². The first-order valence-electron chi connectivity index (χ1n) is 9.61. The maximum atomic E-state index is 13.1. The van der Waals surface area contributed by atoms with Crippen LogP contribution >= 0.6 is 11.3 Å². The quantitative estimate of drug-likeness (QED) is 0.351. The highest BCUT2D eigenvalue weighted by molar-refractivity contribution is 7.91. The van der Waals surface area contributed by atoms with E-state index in [9.17, 15) is 17.6 Å². The van der Waals surface area contributed by atoms with Gasteiger partial charge in [-0.05, 0) is 48.5 Å². The van der Waals surface area contributed by atoms with Gasteiger partial charge in [-0.25, -0.2) is 17.8 Å². The topological polar surface area (TPSA) is 89.7 Å². The number of aromatic nitrogens is 1. The minimum atomic E-state index is -3.75. The third-order valence-corrected chi connectivity index (χ3v) is 7.56. The van der Waals surface area contributed by atoms with E-state index in [1.807, 2.05) is 6.07 Å². The van der Waals surface area contributed by atoms with Gasteiger partial charge in [-0.15, -0.1) is 0 Å². The lowest BCUT2D eigenvalue weighted by atomic mass is 10.3. The first kappa shape index (κ1) is 22.0. The van der Waals surface area contributed by atoms with Crippen molar-refractivity contribution in [3.63, 3.8) is 0 Å². The second-order valence-electron chi connectivity index (χ2n) is 6.91. The van der Waals surface area contributed by atoms with Crippen molar-refractivity contribution in [3.05, 3.63) is 72.4 Å². The summed E-state index contributed by atoms with van der Waals surface area (Å²) < 4.78 is 49.8. The Hall–Kier alpha value is -3.24. The van der Waals surface area contributed by atoms with E-state index in [2.05, 4.69) is 4.98 Å². The molecule has 10 heteroatoms. The molecule has 1 amide bonds. The molecule has 166 valence electrons. The fraction of sp³-hybridized carbons (Fsp3) is 0.182. The van der Waals surface area contributed by atoms with Crippen molar-refractivity contribution in [1.29, 1.82) is 0 Å². The predicted octanol–water partition coefficient (Wildman–Crippen LogP) is 4.43. The molecule has 0 aliphatic heterocycles. The third kappa shape index (κ3) is 4.81. The van der Waals surface area contributed by atoms with Gasteiger partial charge >= 0.3 is 0 Å². The van der Waals surface area contributed by atoms with E-state index in [1.54, 1.807) is 31.4 Å². The average molecular weight is 475 g/mol. The Kier molecular flexibility index (Phi) is 6.24. The van der Waals surface area contributed by atoms with E-state index < -0.39 is 27.3 Å². The van der Waals surface area contributed by atoms with Gasteiger partial charge in [-0.2, -0.15) is 0 Å². The summed E-state index contributed by atoms with van der Waals surface area (Å²) in [5.41, 5.74) is 0.667. The van der Waals surface area contributed by atoms with Crippen molar-refractivity contribution in [1.82, 2.24) is 4.98 Å². The molecule has 0 bridgehead atoms. The molecule has 0 atom stereocenters. The van der Waals surface area contributed by atoms with Crippen molar-refractivity contribution in [2.45, 2.75) is 17.9 Å². The smallest absolute Gasteiger partial charge is 0.230 e. The number of ether oxygens (including phenoxy) is 1.